The number of rotatable bonds is 2. The number of aromatic nitrogens is 1. The molecule has 90 valence electrons. The molecule has 4 rings (SSSR count). The molecule has 0 bridgehead atoms. The summed E-state index contributed by atoms with van der Waals surface area (Å²) in [5.74, 6) is 2.00. The highest BCUT2D eigenvalue weighted by molar-refractivity contribution is 6.02. The Morgan fingerprint density at radius 1 is 1.17 bits per heavy atom. The molecule has 2 aromatic rings. The van der Waals surface area contributed by atoms with Gasteiger partial charge in [-0.25, -0.2) is 0 Å². The fourth-order valence-corrected chi connectivity index (χ4v) is 3.61. The first kappa shape index (κ1) is 10.2. The molecule has 0 aliphatic heterocycles. The van der Waals surface area contributed by atoms with Crippen LogP contribution in [0.4, 0.5) is 0 Å². The van der Waals surface area contributed by atoms with Gasteiger partial charge in [0.2, 0.25) is 0 Å². The molecule has 2 aliphatic carbocycles. The summed E-state index contributed by atoms with van der Waals surface area (Å²) < 4.78 is 0. The molecule has 2 aliphatic rings. The van der Waals surface area contributed by atoms with Crippen molar-refractivity contribution in [3.8, 4) is 0 Å². The number of ketones is 1. The molecule has 1 heterocycles. The van der Waals surface area contributed by atoms with Crippen LogP contribution in [0.2, 0.25) is 0 Å². The molecule has 2 unspecified atom stereocenters. The molecule has 0 amide bonds. The van der Waals surface area contributed by atoms with Gasteiger partial charge in [0.1, 0.15) is 0 Å². The summed E-state index contributed by atoms with van der Waals surface area (Å²) >= 11 is 0. The largest absolute Gasteiger partial charge is 0.294 e. The molecule has 1 aromatic heterocycles. The van der Waals surface area contributed by atoms with Gasteiger partial charge in [-0.2, -0.15) is 0 Å². The van der Waals surface area contributed by atoms with Crippen LogP contribution in [0.1, 0.15) is 29.6 Å². The normalized spacial score (nSPS) is 29.2. The Balaban J connectivity index is 1.68. The second-order valence-corrected chi connectivity index (χ2v) is 5.57. The predicted molar refractivity (Wildman–Crippen MR) is 70.4 cm³/mol. The van der Waals surface area contributed by atoms with Gasteiger partial charge in [-0.1, -0.05) is 24.6 Å². The number of hydrogen-bond donors (Lipinski definition) is 0. The van der Waals surface area contributed by atoms with E-state index in [-0.39, 0.29) is 0 Å². The van der Waals surface area contributed by atoms with E-state index in [1.165, 1.54) is 19.3 Å². The van der Waals surface area contributed by atoms with Crippen LogP contribution in [0.3, 0.4) is 0 Å². The van der Waals surface area contributed by atoms with Gasteiger partial charge in [0, 0.05) is 23.1 Å². The van der Waals surface area contributed by atoms with Crippen LogP contribution in [0.25, 0.3) is 10.9 Å². The number of nitrogens with zero attached hydrogens (tertiary/aromatic N) is 1. The summed E-state index contributed by atoms with van der Waals surface area (Å²) in [5.41, 5.74) is 1.76. The summed E-state index contributed by atoms with van der Waals surface area (Å²) in [6.45, 7) is 0. The highest BCUT2D eigenvalue weighted by Gasteiger charge is 2.56. The average Bonchev–Trinajstić information content (AvgIpc) is 2.90. The second-order valence-electron chi connectivity index (χ2n) is 5.57. The first-order valence-corrected chi connectivity index (χ1v) is 6.73. The lowest BCUT2D eigenvalue weighted by Crippen LogP contribution is -2.06. The van der Waals surface area contributed by atoms with E-state index in [1.807, 2.05) is 30.3 Å². The third-order valence-corrected chi connectivity index (χ3v) is 4.58. The Labute approximate surface area is 106 Å². The van der Waals surface area contributed by atoms with E-state index in [2.05, 4.69) is 4.98 Å². The lowest BCUT2D eigenvalue weighted by molar-refractivity contribution is 0.0951. The number of para-hydroxylation sites is 1. The van der Waals surface area contributed by atoms with E-state index in [9.17, 15) is 4.79 Å². The van der Waals surface area contributed by atoms with Gasteiger partial charge in [-0.3, -0.25) is 9.78 Å². The van der Waals surface area contributed by atoms with E-state index in [0.29, 0.717) is 23.5 Å². The van der Waals surface area contributed by atoms with Crippen LogP contribution < -0.4 is 0 Å². The Bertz CT molecular complexity index is 624. The minimum atomic E-state index is 0.307. The van der Waals surface area contributed by atoms with Crippen LogP contribution in [0.5, 0.6) is 0 Å². The quantitative estimate of drug-likeness (QED) is 0.749. The van der Waals surface area contributed by atoms with E-state index >= 15 is 0 Å². The highest BCUT2D eigenvalue weighted by Crippen LogP contribution is 2.58. The lowest BCUT2D eigenvalue weighted by Gasteiger charge is -2.04. The molecule has 2 nitrogen and oxygen atoms in total. The first-order chi connectivity index (χ1) is 8.84. The number of carbonyl (C=O) groups excluding carboxylic acids is 1. The van der Waals surface area contributed by atoms with Crippen molar-refractivity contribution in [2.45, 2.75) is 19.3 Å². The van der Waals surface area contributed by atoms with Gasteiger partial charge in [-0.05, 0) is 36.8 Å². The van der Waals surface area contributed by atoms with Gasteiger partial charge >= 0.3 is 0 Å². The molecule has 1 aromatic carbocycles. The topological polar surface area (TPSA) is 30.0 Å². The Hall–Kier alpha value is -1.70. The van der Waals surface area contributed by atoms with Crippen molar-refractivity contribution in [1.29, 1.82) is 0 Å². The number of pyridine rings is 1. The van der Waals surface area contributed by atoms with Crippen molar-refractivity contribution in [3.05, 3.63) is 42.1 Å². The zero-order valence-electron chi connectivity index (χ0n) is 10.2. The molecule has 0 spiro atoms. The standard InChI is InChI=1S/C16H15NO/c18-16(15-12-5-3-6-13(12)15)11-8-10-4-1-2-7-14(10)17-9-11/h1-2,4,7-9,12-13,15H,3,5-6H2. The molecule has 0 N–H and O–H groups in total. The lowest BCUT2D eigenvalue weighted by atomic mass is 10.0. The van der Waals surface area contributed by atoms with Crippen molar-refractivity contribution in [2.75, 3.05) is 0 Å². The third-order valence-electron chi connectivity index (χ3n) is 4.58. The summed E-state index contributed by atoms with van der Waals surface area (Å²) in [6, 6.07) is 9.97. The molecule has 2 fully saturated rings. The smallest absolute Gasteiger partial charge is 0.168 e. The number of carbonyl (C=O) groups is 1. The number of benzene rings is 1. The van der Waals surface area contributed by atoms with Gasteiger partial charge in [0.25, 0.3) is 0 Å². The fraction of sp³-hybridized carbons (Fsp3) is 0.375. The summed E-state index contributed by atoms with van der Waals surface area (Å²) in [5, 5.41) is 1.06. The number of fused-ring (bicyclic) bond motifs is 2. The van der Waals surface area contributed by atoms with Crippen molar-refractivity contribution in [3.63, 3.8) is 0 Å². The summed E-state index contributed by atoms with van der Waals surface area (Å²) in [6.07, 6.45) is 5.57. The molecule has 2 saturated carbocycles. The zero-order valence-corrected chi connectivity index (χ0v) is 10.2. The van der Waals surface area contributed by atoms with Crippen LogP contribution >= 0.6 is 0 Å². The van der Waals surface area contributed by atoms with Crippen LogP contribution in [0, 0.1) is 17.8 Å². The van der Waals surface area contributed by atoms with Crippen molar-refractivity contribution in [2.24, 2.45) is 17.8 Å². The highest BCUT2D eigenvalue weighted by atomic mass is 16.1. The Morgan fingerprint density at radius 3 is 2.78 bits per heavy atom. The maximum absolute atomic E-state index is 12.4. The molecular weight excluding hydrogens is 222 g/mol. The van der Waals surface area contributed by atoms with E-state index in [1.54, 1.807) is 6.20 Å². The average molecular weight is 237 g/mol. The van der Waals surface area contributed by atoms with Crippen LogP contribution in [-0.2, 0) is 0 Å². The van der Waals surface area contributed by atoms with Gasteiger partial charge < -0.3 is 0 Å². The molecule has 0 saturated heterocycles. The van der Waals surface area contributed by atoms with Gasteiger partial charge in [0.15, 0.2) is 5.78 Å². The van der Waals surface area contributed by atoms with E-state index in [4.69, 9.17) is 0 Å². The van der Waals surface area contributed by atoms with Gasteiger partial charge in [0.05, 0.1) is 5.52 Å². The van der Waals surface area contributed by atoms with E-state index in [0.717, 1.165) is 16.5 Å². The molecule has 0 radical (unpaired) electrons. The zero-order chi connectivity index (χ0) is 12.1. The third kappa shape index (κ3) is 1.41. The van der Waals surface area contributed by atoms with E-state index < -0.39 is 0 Å². The minimum absolute atomic E-state index is 0.307. The molecular formula is C16H15NO. The molecule has 2 atom stereocenters. The SMILES string of the molecule is O=C(c1cnc2ccccc2c1)C1C2CCCC21. The minimum Gasteiger partial charge on any atom is -0.294 e. The van der Waals surface area contributed by atoms with Crippen molar-refractivity contribution >= 4 is 16.7 Å². The number of Topliss-reactive ketones (excluding diaryl/α,β-unsaturated/α-hetero) is 1. The maximum Gasteiger partial charge on any atom is 0.168 e. The monoisotopic (exact) mass is 237 g/mol. The predicted octanol–water partition coefficient (Wildman–Crippen LogP) is 3.46. The van der Waals surface area contributed by atoms with Gasteiger partial charge in [-0.15, -0.1) is 0 Å². The van der Waals surface area contributed by atoms with Crippen LogP contribution in [0.15, 0.2) is 36.5 Å². The van der Waals surface area contributed by atoms with Crippen molar-refractivity contribution < 1.29 is 4.79 Å². The Kier molecular flexibility index (Phi) is 2.07. The fourth-order valence-electron chi connectivity index (χ4n) is 3.61. The van der Waals surface area contributed by atoms with Crippen molar-refractivity contribution in [1.82, 2.24) is 4.98 Å². The first-order valence-electron chi connectivity index (χ1n) is 6.73. The van der Waals surface area contributed by atoms with Crippen LogP contribution in [-0.4, -0.2) is 10.8 Å². The molecule has 18 heavy (non-hydrogen) atoms. The maximum atomic E-state index is 12.4. The summed E-state index contributed by atoms with van der Waals surface area (Å²) in [4.78, 5) is 16.8. The summed E-state index contributed by atoms with van der Waals surface area (Å²) in [7, 11) is 0. The Morgan fingerprint density at radius 2 is 1.94 bits per heavy atom. The number of hydrogen-bond acceptors (Lipinski definition) is 2. The molecule has 2 heteroatoms. The second kappa shape index (κ2) is 3.64.